The fourth-order valence-electron chi connectivity index (χ4n) is 2.64. The first-order valence-corrected chi connectivity index (χ1v) is 8.91. The van der Waals surface area contributed by atoms with E-state index in [0.29, 0.717) is 18.7 Å². The van der Waals surface area contributed by atoms with E-state index >= 15 is 0 Å². The smallest absolute Gasteiger partial charge is 0.243 e. The van der Waals surface area contributed by atoms with Gasteiger partial charge in [0.2, 0.25) is 10.0 Å². The minimum Gasteiger partial charge on any atom is -0.361 e. The lowest BCUT2D eigenvalue weighted by Crippen LogP contribution is -2.26. The monoisotopic (exact) mass is 332 g/mol. The molecule has 0 unspecified atom stereocenters. The Bertz CT molecular complexity index is 954. The number of aryl methyl sites for hydroxylation is 2. The van der Waals surface area contributed by atoms with Crippen LogP contribution in [0.2, 0.25) is 0 Å². The first-order chi connectivity index (χ1) is 10.9. The van der Waals surface area contributed by atoms with E-state index < -0.39 is 10.0 Å². The Morgan fingerprint density at radius 2 is 2.09 bits per heavy atom. The number of nitrogens with zero attached hydrogens (tertiary/aromatic N) is 2. The van der Waals surface area contributed by atoms with Gasteiger partial charge in [0.15, 0.2) is 0 Å². The molecule has 7 heteroatoms. The van der Waals surface area contributed by atoms with E-state index in [1.165, 1.54) is 11.8 Å². The van der Waals surface area contributed by atoms with Crippen LogP contribution in [0.1, 0.15) is 16.8 Å². The van der Waals surface area contributed by atoms with Gasteiger partial charge in [-0.3, -0.25) is 4.68 Å². The van der Waals surface area contributed by atoms with Crippen molar-refractivity contribution in [3.8, 4) is 0 Å². The molecule has 3 rings (SSSR count). The number of hydrogen-bond acceptors (Lipinski definition) is 3. The van der Waals surface area contributed by atoms with E-state index in [0.717, 1.165) is 16.5 Å². The molecule has 23 heavy (non-hydrogen) atoms. The maximum absolute atomic E-state index is 12.3. The Morgan fingerprint density at radius 1 is 1.30 bits per heavy atom. The summed E-state index contributed by atoms with van der Waals surface area (Å²) in [5, 5.41) is 5.12. The lowest BCUT2D eigenvalue weighted by molar-refractivity contribution is 0.580. The molecule has 1 aromatic carbocycles. The molecule has 0 bridgehead atoms. The van der Waals surface area contributed by atoms with Gasteiger partial charge < -0.3 is 4.98 Å². The minimum absolute atomic E-state index is 0.231. The second kappa shape index (κ2) is 5.82. The SMILES string of the molecule is Cc1ccc2[nH]cc(CCNS(=O)(=O)c3cnn(C)c3C)c2c1. The van der Waals surface area contributed by atoms with Crippen molar-refractivity contribution in [3.63, 3.8) is 0 Å². The molecule has 0 fully saturated rings. The zero-order chi connectivity index (χ0) is 16.6. The maximum atomic E-state index is 12.3. The third-order valence-corrected chi connectivity index (χ3v) is 5.65. The molecule has 0 aliphatic heterocycles. The van der Waals surface area contributed by atoms with E-state index in [1.807, 2.05) is 19.2 Å². The maximum Gasteiger partial charge on any atom is 0.243 e. The average molecular weight is 332 g/mol. The Labute approximate surface area is 135 Å². The van der Waals surface area contributed by atoms with E-state index in [2.05, 4.69) is 26.9 Å². The van der Waals surface area contributed by atoms with Crippen molar-refractivity contribution in [3.05, 3.63) is 47.4 Å². The van der Waals surface area contributed by atoms with E-state index in [9.17, 15) is 8.42 Å². The number of sulfonamides is 1. The van der Waals surface area contributed by atoms with Gasteiger partial charge in [0, 0.05) is 30.7 Å². The normalized spacial score (nSPS) is 12.1. The van der Waals surface area contributed by atoms with E-state index in [1.54, 1.807) is 18.7 Å². The molecular formula is C16H20N4O2S. The number of nitrogens with one attached hydrogen (secondary N) is 2. The summed E-state index contributed by atoms with van der Waals surface area (Å²) in [4.78, 5) is 3.45. The molecule has 0 radical (unpaired) electrons. The molecule has 6 nitrogen and oxygen atoms in total. The second-order valence-electron chi connectivity index (χ2n) is 5.73. The summed E-state index contributed by atoms with van der Waals surface area (Å²) in [6.45, 7) is 4.13. The molecular weight excluding hydrogens is 312 g/mol. The van der Waals surface area contributed by atoms with Crippen LogP contribution in [0.25, 0.3) is 10.9 Å². The van der Waals surface area contributed by atoms with Gasteiger partial charge in [-0.25, -0.2) is 13.1 Å². The first-order valence-electron chi connectivity index (χ1n) is 7.43. The van der Waals surface area contributed by atoms with Crippen molar-refractivity contribution in [1.82, 2.24) is 19.5 Å². The highest BCUT2D eigenvalue weighted by atomic mass is 32.2. The minimum atomic E-state index is -3.53. The van der Waals surface area contributed by atoms with Crippen LogP contribution < -0.4 is 4.72 Å². The number of rotatable bonds is 5. The number of H-pyrrole nitrogens is 1. The highest BCUT2D eigenvalue weighted by Crippen LogP contribution is 2.20. The van der Waals surface area contributed by atoms with Crippen LogP contribution in [0.5, 0.6) is 0 Å². The van der Waals surface area contributed by atoms with Gasteiger partial charge in [-0.2, -0.15) is 5.10 Å². The third-order valence-electron chi connectivity index (χ3n) is 4.09. The molecule has 2 aromatic heterocycles. The van der Waals surface area contributed by atoms with Crippen LogP contribution in [-0.4, -0.2) is 29.7 Å². The standard InChI is InChI=1S/C16H20N4O2S/c1-11-4-5-15-14(8-11)13(9-17-15)6-7-19-23(21,22)16-10-18-20(3)12(16)2/h4-5,8-10,17,19H,6-7H2,1-3H3. The molecule has 3 aromatic rings. The molecule has 0 aliphatic carbocycles. The zero-order valence-electron chi connectivity index (χ0n) is 13.4. The van der Waals surface area contributed by atoms with Crippen LogP contribution in [0.4, 0.5) is 0 Å². The molecule has 0 saturated carbocycles. The summed E-state index contributed by atoms with van der Waals surface area (Å²) in [6, 6.07) is 6.20. The third kappa shape index (κ3) is 3.02. The number of fused-ring (bicyclic) bond motifs is 1. The van der Waals surface area contributed by atoms with Crippen molar-refractivity contribution in [1.29, 1.82) is 0 Å². The Kier molecular flexibility index (Phi) is 3.99. The summed E-state index contributed by atoms with van der Waals surface area (Å²) >= 11 is 0. The number of benzene rings is 1. The average Bonchev–Trinajstić information content (AvgIpc) is 3.04. The topological polar surface area (TPSA) is 79.8 Å². The van der Waals surface area contributed by atoms with Crippen molar-refractivity contribution < 1.29 is 8.42 Å². The summed E-state index contributed by atoms with van der Waals surface area (Å²) in [5.74, 6) is 0. The predicted octanol–water partition coefficient (Wildman–Crippen LogP) is 2.04. The highest BCUT2D eigenvalue weighted by Gasteiger charge is 2.19. The first kappa shape index (κ1) is 15.8. The quantitative estimate of drug-likeness (QED) is 0.750. The lowest BCUT2D eigenvalue weighted by atomic mass is 10.1. The van der Waals surface area contributed by atoms with Gasteiger partial charge in [-0.05, 0) is 38.0 Å². The number of hydrogen-bond donors (Lipinski definition) is 2. The lowest BCUT2D eigenvalue weighted by Gasteiger charge is -2.06. The summed E-state index contributed by atoms with van der Waals surface area (Å²) in [6.07, 6.45) is 3.95. The van der Waals surface area contributed by atoms with Crippen LogP contribution in [0, 0.1) is 13.8 Å². The van der Waals surface area contributed by atoms with Crippen LogP contribution >= 0.6 is 0 Å². The molecule has 0 atom stereocenters. The zero-order valence-corrected chi connectivity index (χ0v) is 14.2. The summed E-state index contributed by atoms with van der Waals surface area (Å²) in [5.41, 5.74) is 3.98. The van der Waals surface area contributed by atoms with Gasteiger partial charge in [-0.15, -0.1) is 0 Å². The molecule has 0 saturated heterocycles. The van der Waals surface area contributed by atoms with Crippen LogP contribution in [0.15, 0.2) is 35.5 Å². The van der Waals surface area contributed by atoms with E-state index in [4.69, 9.17) is 0 Å². The largest absolute Gasteiger partial charge is 0.361 e. The highest BCUT2D eigenvalue weighted by molar-refractivity contribution is 7.89. The molecule has 0 spiro atoms. The molecule has 0 aliphatic rings. The van der Waals surface area contributed by atoms with Crippen molar-refractivity contribution in [2.24, 2.45) is 7.05 Å². The molecule has 122 valence electrons. The predicted molar refractivity (Wildman–Crippen MR) is 89.9 cm³/mol. The molecule has 2 heterocycles. The van der Waals surface area contributed by atoms with Crippen molar-refractivity contribution in [2.45, 2.75) is 25.2 Å². The van der Waals surface area contributed by atoms with Gasteiger partial charge in [0.25, 0.3) is 0 Å². The second-order valence-corrected chi connectivity index (χ2v) is 7.46. The fraction of sp³-hybridized carbons (Fsp3) is 0.312. The Hall–Kier alpha value is -2.12. The molecule has 2 N–H and O–H groups in total. The number of aromatic amines is 1. The van der Waals surface area contributed by atoms with Crippen LogP contribution in [0.3, 0.4) is 0 Å². The molecule has 0 amide bonds. The number of aromatic nitrogens is 3. The summed E-state index contributed by atoms with van der Waals surface area (Å²) in [7, 11) is -1.80. The van der Waals surface area contributed by atoms with Crippen LogP contribution in [-0.2, 0) is 23.5 Å². The Balaban J connectivity index is 1.73. The van der Waals surface area contributed by atoms with Gasteiger partial charge in [0.1, 0.15) is 4.90 Å². The van der Waals surface area contributed by atoms with Gasteiger partial charge in [-0.1, -0.05) is 11.6 Å². The van der Waals surface area contributed by atoms with E-state index in [-0.39, 0.29) is 4.90 Å². The van der Waals surface area contributed by atoms with Crippen molar-refractivity contribution in [2.75, 3.05) is 6.54 Å². The van der Waals surface area contributed by atoms with Crippen molar-refractivity contribution >= 4 is 20.9 Å². The van der Waals surface area contributed by atoms with Gasteiger partial charge in [0.05, 0.1) is 11.9 Å². The fourth-order valence-corrected chi connectivity index (χ4v) is 3.87. The Morgan fingerprint density at radius 3 is 2.78 bits per heavy atom. The van der Waals surface area contributed by atoms with Gasteiger partial charge >= 0.3 is 0 Å². The summed E-state index contributed by atoms with van der Waals surface area (Å²) < 4.78 is 28.9.